The molecule has 1 aromatic heterocycles. The van der Waals surface area contributed by atoms with Gasteiger partial charge in [-0.15, -0.1) is 11.3 Å². The number of rotatable bonds is 6. The fourth-order valence-corrected chi connectivity index (χ4v) is 4.03. The Morgan fingerprint density at radius 3 is 2.58 bits per heavy atom. The van der Waals surface area contributed by atoms with Crippen LogP contribution < -0.4 is 10.6 Å². The highest BCUT2D eigenvalue weighted by Gasteiger charge is 2.33. The Bertz CT molecular complexity index is 577. The zero-order chi connectivity index (χ0) is 19.2. The molecule has 1 aliphatic rings. The van der Waals surface area contributed by atoms with E-state index in [1.54, 1.807) is 0 Å². The topological polar surface area (TPSA) is 52.6 Å². The number of nitrogens with one attached hydrogen (secondary N) is 2. The van der Waals surface area contributed by atoms with Gasteiger partial charge < -0.3 is 15.5 Å². The quantitative estimate of drug-likeness (QED) is 0.578. The Kier molecular flexibility index (Phi) is 7.69. The number of halogens is 3. The highest BCUT2D eigenvalue weighted by molar-refractivity contribution is 7.09. The second-order valence-electron chi connectivity index (χ2n) is 6.95. The average molecular weight is 392 g/mol. The summed E-state index contributed by atoms with van der Waals surface area (Å²) in [5, 5.41) is 7.76. The lowest BCUT2D eigenvalue weighted by molar-refractivity contribution is -0.140. The SMILES string of the molecule is CCNC(=NCc1nc(C(F)(F)F)cs1)NCCN1CC(C)CC(C)C1. The van der Waals surface area contributed by atoms with Crippen LogP contribution in [0.3, 0.4) is 0 Å². The molecule has 9 heteroatoms. The fraction of sp³-hybridized carbons (Fsp3) is 0.765. The van der Waals surface area contributed by atoms with Crippen LogP contribution in [0.25, 0.3) is 0 Å². The zero-order valence-corrected chi connectivity index (χ0v) is 16.4. The van der Waals surface area contributed by atoms with E-state index in [-0.39, 0.29) is 6.54 Å². The number of thiazole rings is 1. The minimum absolute atomic E-state index is 0.133. The number of hydrogen-bond acceptors (Lipinski definition) is 4. The van der Waals surface area contributed by atoms with Crippen molar-refractivity contribution in [3.63, 3.8) is 0 Å². The van der Waals surface area contributed by atoms with Gasteiger partial charge in [-0.05, 0) is 25.2 Å². The molecule has 1 aromatic rings. The molecule has 0 saturated carbocycles. The number of nitrogens with zero attached hydrogens (tertiary/aromatic N) is 3. The third-order valence-electron chi connectivity index (χ3n) is 4.22. The molecule has 1 aliphatic heterocycles. The molecule has 0 radical (unpaired) electrons. The van der Waals surface area contributed by atoms with E-state index in [1.165, 1.54) is 6.42 Å². The summed E-state index contributed by atoms with van der Waals surface area (Å²) in [6, 6.07) is 0. The van der Waals surface area contributed by atoms with Crippen molar-refractivity contribution in [3.05, 3.63) is 16.1 Å². The van der Waals surface area contributed by atoms with Crippen LogP contribution in [-0.4, -0.2) is 48.6 Å². The van der Waals surface area contributed by atoms with Gasteiger partial charge in [-0.1, -0.05) is 13.8 Å². The molecular weight excluding hydrogens is 363 g/mol. The van der Waals surface area contributed by atoms with E-state index in [0.717, 1.165) is 42.9 Å². The number of aliphatic imine (C=N–C) groups is 1. The lowest BCUT2D eigenvalue weighted by atomic mass is 9.92. The Labute approximate surface area is 157 Å². The summed E-state index contributed by atoms with van der Waals surface area (Å²) < 4.78 is 37.8. The fourth-order valence-electron chi connectivity index (χ4n) is 3.31. The monoisotopic (exact) mass is 391 g/mol. The van der Waals surface area contributed by atoms with E-state index in [2.05, 4.69) is 39.4 Å². The number of guanidine groups is 1. The van der Waals surface area contributed by atoms with E-state index in [1.807, 2.05) is 6.92 Å². The summed E-state index contributed by atoms with van der Waals surface area (Å²) >= 11 is 0.982. The maximum absolute atomic E-state index is 12.6. The van der Waals surface area contributed by atoms with Crippen molar-refractivity contribution in [2.45, 2.75) is 39.9 Å². The van der Waals surface area contributed by atoms with Gasteiger partial charge in [-0.3, -0.25) is 0 Å². The molecule has 148 valence electrons. The summed E-state index contributed by atoms with van der Waals surface area (Å²) in [6.07, 6.45) is -3.12. The maximum Gasteiger partial charge on any atom is 0.434 e. The molecule has 2 unspecified atom stereocenters. The first kappa shape index (κ1) is 21.0. The summed E-state index contributed by atoms with van der Waals surface area (Å²) in [7, 11) is 0. The third kappa shape index (κ3) is 6.75. The zero-order valence-electron chi connectivity index (χ0n) is 15.6. The van der Waals surface area contributed by atoms with Gasteiger partial charge in [-0.2, -0.15) is 13.2 Å². The molecule has 5 nitrogen and oxygen atoms in total. The highest BCUT2D eigenvalue weighted by Crippen LogP contribution is 2.30. The Balaban J connectivity index is 1.83. The van der Waals surface area contributed by atoms with Crippen LogP contribution in [0.5, 0.6) is 0 Å². The molecule has 2 rings (SSSR count). The van der Waals surface area contributed by atoms with Crippen molar-refractivity contribution >= 4 is 17.3 Å². The molecule has 0 bridgehead atoms. The predicted octanol–water partition coefficient (Wildman–Crippen LogP) is 3.19. The van der Waals surface area contributed by atoms with Gasteiger partial charge in [0.1, 0.15) is 5.01 Å². The number of piperidine rings is 1. The minimum atomic E-state index is -4.40. The van der Waals surface area contributed by atoms with Crippen LogP contribution >= 0.6 is 11.3 Å². The average Bonchev–Trinajstić information content (AvgIpc) is 3.01. The van der Waals surface area contributed by atoms with Crippen LogP contribution in [0, 0.1) is 11.8 Å². The molecular formula is C17H28F3N5S. The molecule has 0 amide bonds. The van der Waals surface area contributed by atoms with Crippen molar-refractivity contribution in [1.29, 1.82) is 0 Å². The second-order valence-corrected chi connectivity index (χ2v) is 7.89. The van der Waals surface area contributed by atoms with Gasteiger partial charge >= 0.3 is 6.18 Å². The van der Waals surface area contributed by atoms with Crippen molar-refractivity contribution in [2.24, 2.45) is 16.8 Å². The van der Waals surface area contributed by atoms with Crippen LogP contribution in [0.2, 0.25) is 0 Å². The maximum atomic E-state index is 12.6. The number of aromatic nitrogens is 1. The van der Waals surface area contributed by atoms with E-state index in [9.17, 15) is 13.2 Å². The molecule has 1 fully saturated rings. The standard InChI is InChI=1S/C17H28F3N5S/c1-4-21-16(22-5-6-25-9-12(2)7-13(3)10-25)23-8-15-24-14(11-26-15)17(18,19)20/h11-13H,4-10H2,1-3H3,(H2,21,22,23). The van der Waals surface area contributed by atoms with E-state index >= 15 is 0 Å². The summed E-state index contributed by atoms with van der Waals surface area (Å²) in [5.74, 6) is 2.04. The minimum Gasteiger partial charge on any atom is -0.357 e. The summed E-state index contributed by atoms with van der Waals surface area (Å²) in [6.45, 7) is 11.2. The molecule has 26 heavy (non-hydrogen) atoms. The summed E-state index contributed by atoms with van der Waals surface area (Å²) in [4.78, 5) is 10.4. The van der Waals surface area contributed by atoms with E-state index in [4.69, 9.17) is 0 Å². The lowest BCUT2D eigenvalue weighted by Gasteiger charge is -2.35. The first-order valence-electron chi connectivity index (χ1n) is 9.04. The Morgan fingerprint density at radius 1 is 1.31 bits per heavy atom. The van der Waals surface area contributed by atoms with Gasteiger partial charge in [-0.25, -0.2) is 9.98 Å². The van der Waals surface area contributed by atoms with Crippen molar-refractivity contribution in [2.75, 3.05) is 32.7 Å². The van der Waals surface area contributed by atoms with Crippen LogP contribution in [0.1, 0.15) is 37.9 Å². The van der Waals surface area contributed by atoms with Gasteiger partial charge in [0.15, 0.2) is 11.7 Å². The molecule has 0 spiro atoms. The van der Waals surface area contributed by atoms with Crippen LogP contribution in [0.15, 0.2) is 10.4 Å². The van der Waals surface area contributed by atoms with Crippen LogP contribution in [0.4, 0.5) is 13.2 Å². The predicted molar refractivity (Wildman–Crippen MR) is 99.3 cm³/mol. The third-order valence-corrected chi connectivity index (χ3v) is 5.06. The molecule has 2 N–H and O–H groups in total. The normalized spacial score (nSPS) is 22.5. The van der Waals surface area contributed by atoms with Crippen LogP contribution in [-0.2, 0) is 12.7 Å². The largest absolute Gasteiger partial charge is 0.434 e. The number of likely N-dealkylation sites (tertiary alicyclic amines) is 1. The number of alkyl halides is 3. The van der Waals surface area contributed by atoms with Crippen molar-refractivity contribution in [1.82, 2.24) is 20.5 Å². The molecule has 0 aromatic carbocycles. The number of hydrogen-bond donors (Lipinski definition) is 2. The van der Waals surface area contributed by atoms with Crippen molar-refractivity contribution in [3.8, 4) is 0 Å². The summed E-state index contributed by atoms with van der Waals surface area (Å²) in [5.41, 5.74) is -0.848. The molecule has 2 atom stereocenters. The molecule has 1 saturated heterocycles. The van der Waals surface area contributed by atoms with Gasteiger partial charge in [0.05, 0.1) is 6.54 Å². The van der Waals surface area contributed by atoms with Gasteiger partial charge in [0.25, 0.3) is 0 Å². The highest BCUT2D eigenvalue weighted by atomic mass is 32.1. The lowest BCUT2D eigenvalue weighted by Crippen LogP contribution is -2.45. The smallest absolute Gasteiger partial charge is 0.357 e. The van der Waals surface area contributed by atoms with Gasteiger partial charge in [0, 0.05) is 38.1 Å². The van der Waals surface area contributed by atoms with Crippen molar-refractivity contribution < 1.29 is 13.2 Å². The first-order valence-corrected chi connectivity index (χ1v) is 9.92. The van der Waals surface area contributed by atoms with E-state index < -0.39 is 11.9 Å². The van der Waals surface area contributed by atoms with E-state index in [0.29, 0.717) is 29.3 Å². The second kappa shape index (κ2) is 9.55. The Morgan fingerprint density at radius 2 is 2.00 bits per heavy atom. The molecule has 2 heterocycles. The van der Waals surface area contributed by atoms with Gasteiger partial charge in [0.2, 0.25) is 0 Å². The first-order chi connectivity index (χ1) is 12.3. The Hall–Kier alpha value is -1.35. The molecule has 0 aliphatic carbocycles.